The summed E-state index contributed by atoms with van der Waals surface area (Å²) in [6.07, 6.45) is 5.29. The third kappa shape index (κ3) is 4.51. The zero-order valence-corrected chi connectivity index (χ0v) is 19.6. The molecule has 0 aliphatic carbocycles. The predicted molar refractivity (Wildman–Crippen MR) is 133 cm³/mol. The third-order valence-corrected chi connectivity index (χ3v) is 6.64. The number of nitrogens with zero attached hydrogens (tertiary/aromatic N) is 1. The van der Waals surface area contributed by atoms with Crippen LogP contribution in [0.5, 0.6) is 17.2 Å². The lowest BCUT2D eigenvalue weighted by molar-refractivity contribution is -0.140. The van der Waals surface area contributed by atoms with Gasteiger partial charge in [0.05, 0.1) is 7.11 Å². The minimum atomic E-state index is -0.553. The largest absolute Gasteiger partial charge is 0.497 e. The second kappa shape index (κ2) is 9.26. The van der Waals surface area contributed by atoms with Gasteiger partial charge >= 0.3 is 0 Å². The molecule has 3 aromatic rings. The van der Waals surface area contributed by atoms with E-state index in [1.54, 1.807) is 14.0 Å². The van der Waals surface area contributed by atoms with Gasteiger partial charge in [0.2, 0.25) is 0 Å². The van der Waals surface area contributed by atoms with Crippen molar-refractivity contribution in [3.63, 3.8) is 0 Å². The molecule has 1 saturated heterocycles. The van der Waals surface area contributed by atoms with Crippen molar-refractivity contribution in [2.24, 2.45) is 0 Å². The molecule has 1 fully saturated rings. The highest BCUT2D eigenvalue weighted by atomic mass is 16.5. The molecule has 5 heteroatoms. The molecule has 0 radical (unpaired) electrons. The number of hydrogen-bond acceptors (Lipinski definition) is 4. The summed E-state index contributed by atoms with van der Waals surface area (Å²) in [5.41, 5.74) is 3.09. The molecule has 0 aromatic heterocycles. The molecule has 0 N–H and O–H groups in total. The van der Waals surface area contributed by atoms with Gasteiger partial charge in [-0.2, -0.15) is 0 Å². The van der Waals surface area contributed by atoms with Gasteiger partial charge in [0.25, 0.3) is 5.91 Å². The minimum Gasteiger partial charge on any atom is -0.497 e. The molecule has 1 atom stereocenters. The SMILES string of the molecule is COc1ccc(OC(C)C(=O)N2CCC3(C=Cc4cc(-c5ccccc5)ccc4O3)CC2)cc1. The summed E-state index contributed by atoms with van der Waals surface area (Å²) in [5, 5.41) is 0. The number of piperidine rings is 1. The van der Waals surface area contributed by atoms with Crippen LogP contribution in [0.25, 0.3) is 17.2 Å². The standard InChI is InChI=1S/C29H29NO4/c1-21(33-26-11-9-25(32-2)10-12-26)28(31)30-18-16-29(17-19-30)15-14-24-20-23(8-13-27(24)34-29)22-6-4-3-5-7-22/h3-15,20-21H,16-19H2,1-2H3. The number of likely N-dealkylation sites (tertiary alicyclic amines) is 1. The number of methoxy groups -OCH3 is 1. The third-order valence-electron chi connectivity index (χ3n) is 6.64. The van der Waals surface area contributed by atoms with Gasteiger partial charge < -0.3 is 19.1 Å². The molecule has 1 amide bonds. The van der Waals surface area contributed by atoms with Crippen molar-refractivity contribution in [1.29, 1.82) is 0 Å². The predicted octanol–water partition coefficient (Wildman–Crippen LogP) is 5.60. The molecule has 5 rings (SSSR count). The Kier molecular flexibility index (Phi) is 6.01. The summed E-state index contributed by atoms with van der Waals surface area (Å²) >= 11 is 0. The number of benzene rings is 3. The van der Waals surface area contributed by atoms with E-state index in [2.05, 4.69) is 42.5 Å². The van der Waals surface area contributed by atoms with Crippen molar-refractivity contribution >= 4 is 12.0 Å². The second-order valence-corrected chi connectivity index (χ2v) is 8.88. The fourth-order valence-electron chi connectivity index (χ4n) is 4.62. The maximum absolute atomic E-state index is 13.0. The highest BCUT2D eigenvalue weighted by molar-refractivity contribution is 5.81. The Hall–Kier alpha value is -3.73. The zero-order valence-electron chi connectivity index (χ0n) is 19.6. The number of carbonyl (C=O) groups excluding carboxylic acids is 1. The lowest BCUT2D eigenvalue weighted by atomic mass is 9.87. The summed E-state index contributed by atoms with van der Waals surface area (Å²) in [7, 11) is 1.62. The van der Waals surface area contributed by atoms with Crippen molar-refractivity contribution in [3.05, 3.63) is 84.4 Å². The van der Waals surface area contributed by atoms with Crippen LogP contribution in [0.3, 0.4) is 0 Å². The number of rotatable bonds is 5. The summed E-state index contributed by atoms with van der Waals surface area (Å²) in [6.45, 7) is 3.07. The molecule has 3 aromatic carbocycles. The Bertz CT molecular complexity index is 1180. The van der Waals surface area contributed by atoms with Crippen LogP contribution in [0.15, 0.2) is 78.9 Å². The Morgan fingerprint density at radius 2 is 1.65 bits per heavy atom. The van der Waals surface area contributed by atoms with Crippen molar-refractivity contribution in [3.8, 4) is 28.4 Å². The van der Waals surface area contributed by atoms with Crippen LogP contribution in [0.2, 0.25) is 0 Å². The molecule has 1 spiro atoms. The van der Waals surface area contributed by atoms with Crippen LogP contribution in [-0.4, -0.2) is 42.7 Å². The molecule has 1 unspecified atom stereocenters. The number of hydrogen-bond donors (Lipinski definition) is 0. The summed E-state index contributed by atoms with van der Waals surface area (Å²) in [6, 6.07) is 24.0. The van der Waals surface area contributed by atoms with E-state index in [0.29, 0.717) is 18.8 Å². The van der Waals surface area contributed by atoms with Gasteiger partial charge in [0.15, 0.2) is 6.10 Å². The van der Waals surface area contributed by atoms with Crippen LogP contribution in [0.4, 0.5) is 0 Å². The lowest BCUT2D eigenvalue weighted by Crippen LogP contribution is -2.51. The summed E-state index contributed by atoms with van der Waals surface area (Å²) in [5.74, 6) is 2.31. The molecule has 2 heterocycles. The number of fused-ring (bicyclic) bond motifs is 1. The number of amides is 1. The van der Waals surface area contributed by atoms with Gasteiger partial charge in [0.1, 0.15) is 22.8 Å². The molecule has 2 aliphatic rings. The van der Waals surface area contributed by atoms with Crippen molar-refractivity contribution in [2.45, 2.75) is 31.5 Å². The van der Waals surface area contributed by atoms with Gasteiger partial charge in [-0.1, -0.05) is 42.5 Å². The first-order valence-electron chi connectivity index (χ1n) is 11.7. The van der Waals surface area contributed by atoms with Crippen LogP contribution in [-0.2, 0) is 4.79 Å². The quantitative estimate of drug-likeness (QED) is 0.503. The van der Waals surface area contributed by atoms with E-state index >= 15 is 0 Å². The zero-order chi connectivity index (χ0) is 23.5. The molecule has 2 aliphatic heterocycles. The fourth-order valence-corrected chi connectivity index (χ4v) is 4.62. The van der Waals surface area contributed by atoms with Crippen LogP contribution >= 0.6 is 0 Å². The average molecular weight is 456 g/mol. The van der Waals surface area contributed by atoms with E-state index < -0.39 is 6.10 Å². The lowest BCUT2D eigenvalue weighted by Gasteiger charge is -2.42. The normalized spacial score (nSPS) is 16.9. The minimum absolute atomic E-state index is 0.00152. The van der Waals surface area contributed by atoms with Gasteiger partial charge in [-0.3, -0.25) is 4.79 Å². The van der Waals surface area contributed by atoms with Crippen molar-refractivity contribution < 1.29 is 19.0 Å². The van der Waals surface area contributed by atoms with E-state index in [1.165, 1.54) is 11.1 Å². The molecule has 0 saturated carbocycles. The molecule has 0 bridgehead atoms. The van der Waals surface area contributed by atoms with Crippen LogP contribution < -0.4 is 14.2 Å². The maximum atomic E-state index is 13.0. The fraction of sp³-hybridized carbons (Fsp3) is 0.276. The first-order valence-corrected chi connectivity index (χ1v) is 11.7. The van der Waals surface area contributed by atoms with Gasteiger partial charge in [0, 0.05) is 31.5 Å². The first kappa shape index (κ1) is 22.1. The highest BCUT2D eigenvalue weighted by Gasteiger charge is 2.39. The monoisotopic (exact) mass is 455 g/mol. The summed E-state index contributed by atoms with van der Waals surface area (Å²) < 4.78 is 17.5. The highest BCUT2D eigenvalue weighted by Crippen LogP contribution is 2.39. The Morgan fingerprint density at radius 3 is 2.35 bits per heavy atom. The average Bonchev–Trinajstić information content (AvgIpc) is 2.89. The first-order chi connectivity index (χ1) is 16.5. The van der Waals surface area contributed by atoms with E-state index in [1.807, 2.05) is 47.4 Å². The van der Waals surface area contributed by atoms with E-state index in [9.17, 15) is 4.79 Å². The molecule has 34 heavy (non-hydrogen) atoms. The van der Waals surface area contributed by atoms with Gasteiger partial charge in [-0.15, -0.1) is 0 Å². The molecular formula is C29H29NO4. The van der Waals surface area contributed by atoms with Gasteiger partial charge in [-0.25, -0.2) is 0 Å². The Labute approximate surface area is 200 Å². The van der Waals surface area contributed by atoms with Crippen molar-refractivity contribution in [2.75, 3.05) is 20.2 Å². The molecule has 5 nitrogen and oxygen atoms in total. The summed E-state index contributed by atoms with van der Waals surface area (Å²) in [4.78, 5) is 14.9. The maximum Gasteiger partial charge on any atom is 0.263 e. The van der Waals surface area contributed by atoms with Crippen molar-refractivity contribution in [1.82, 2.24) is 4.90 Å². The molecular weight excluding hydrogens is 426 g/mol. The van der Waals surface area contributed by atoms with Gasteiger partial charge in [-0.05, 0) is 60.5 Å². The topological polar surface area (TPSA) is 48.0 Å². The smallest absolute Gasteiger partial charge is 0.263 e. The Morgan fingerprint density at radius 1 is 0.941 bits per heavy atom. The van der Waals surface area contributed by atoms with Crippen LogP contribution in [0, 0.1) is 0 Å². The Balaban J connectivity index is 1.20. The van der Waals surface area contributed by atoms with E-state index in [-0.39, 0.29) is 11.5 Å². The molecule has 174 valence electrons. The number of ether oxygens (including phenoxy) is 3. The van der Waals surface area contributed by atoms with E-state index in [4.69, 9.17) is 14.2 Å². The van der Waals surface area contributed by atoms with E-state index in [0.717, 1.165) is 29.9 Å². The van der Waals surface area contributed by atoms with Crippen LogP contribution in [0.1, 0.15) is 25.3 Å². The second-order valence-electron chi connectivity index (χ2n) is 8.88. The number of carbonyl (C=O) groups is 1.